The van der Waals surface area contributed by atoms with Crippen molar-refractivity contribution < 1.29 is 14.0 Å². The van der Waals surface area contributed by atoms with Crippen LogP contribution in [0.2, 0.25) is 0 Å². The zero-order valence-corrected chi connectivity index (χ0v) is 16.0. The highest BCUT2D eigenvalue weighted by molar-refractivity contribution is 8.00. The molecule has 0 radical (unpaired) electrons. The summed E-state index contributed by atoms with van der Waals surface area (Å²) in [6.45, 7) is 3.11. The Labute approximate surface area is 165 Å². The molecular formula is C19H18FN5O2S. The minimum atomic E-state index is -0.583. The first-order valence-corrected chi connectivity index (χ1v) is 9.29. The average Bonchev–Trinajstić information content (AvgIpc) is 3.02. The van der Waals surface area contributed by atoms with Gasteiger partial charge in [-0.15, -0.1) is 10.2 Å². The van der Waals surface area contributed by atoms with Crippen LogP contribution in [0.1, 0.15) is 24.2 Å². The number of carbonyl (C=O) groups is 2. The molecule has 1 amide bonds. The molecule has 0 spiro atoms. The van der Waals surface area contributed by atoms with Crippen molar-refractivity contribution in [2.75, 3.05) is 11.2 Å². The molecule has 1 heterocycles. The summed E-state index contributed by atoms with van der Waals surface area (Å²) in [5, 5.41) is 10.3. The van der Waals surface area contributed by atoms with Gasteiger partial charge in [0.1, 0.15) is 5.82 Å². The molecule has 1 atom stereocenters. The number of nitrogen functional groups attached to an aromatic ring is 1. The highest BCUT2D eigenvalue weighted by Crippen LogP contribution is 2.27. The van der Waals surface area contributed by atoms with Crippen LogP contribution >= 0.6 is 11.8 Å². The minimum Gasteiger partial charge on any atom is -0.335 e. The Morgan fingerprint density at radius 1 is 1.14 bits per heavy atom. The number of rotatable bonds is 6. The van der Waals surface area contributed by atoms with Gasteiger partial charge in [-0.05, 0) is 38.1 Å². The molecule has 0 bridgehead atoms. The van der Waals surface area contributed by atoms with Crippen LogP contribution in [0.25, 0.3) is 11.4 Å². The first-order chi connectivity index (χ1) is 13.4. The van der Waals surface area contributed by atoms with Gasteiger partial charge in [0.2, 0.25) is 11.1 Å². The minimum absolute atomic E-state index is 0.146. The lowest BCUT2D eigenvalue weighted by molar-refractivity contribution is -0.115. The van der Waals surface area contributed by atoms with Gasteiger partial charge in [-0.1, -0.05) is 36.0 Å². The maximum atomic E-state index is 14.0. The number of halogens is 1. The Kier molecular flexibility index (Phi) is 5.74. The molecule has 0 saturated carbocycles. The Morgan fingerprint density at radius 2 is 1.82 bits per heavy atom. The van der Waals surface area contributed by atoms with Gasteiger partial charge >= 0.3 is 0 Å². The molecule has 7 nitrogen and oxygen atoms in total. The van der Waals surface area contributed by atoms with Crippen molar-refractivity contribution in [2.24, 2.45) is 0 Å². The van der Waals surface area contributed by atoms with Crippen molar-refractivity contribution in [1.82, 2.24) is 14.9 Å². The number of nitrogens with two attached hydrogens (primary N) is 1. The molecule has 28 heavy (non-hydrogen) atoms. The Hall–Kier alpha value is -3.20. The first kappa shape index (κ1) is 19.6. The molecule has 0 unspecified atom stereocenters. The lowest BCUT2D eigenvalue weighted by Crippen LogP contribution is -2.24. The summed E-state index contributed by atoms with van der Waals surface area (Å²) < 4.78 is 15.1. The van der Waals surface area contributed by atoms with Crippen molar-refractivity contribution in [3.8, 4) is 11.4 Å². The average molecular weight is 399 g/mol. The molecule has 144 valence electrons. The first-order valence-electron chi connectivity index (χ1n) is 8.41. The third-order valence-corrected chi connectivity index (χ3v) is 5.05. The number of ketones is 1. The predicted molar refractivity (Wildman–Crippen MR) is 106 cm³/mol. The van der Waals surface area contributed by atoms with Crippen molar-refractivity contribution in [3.63, 3.8) is 0 Å². The molecule has 0 aliphatic carbocycles. The molecule has 0 aliphatic rings. The summed E-state index contributed by atoms with van der Waals surface area (Å²) in [4.78, 5) is 24.2. The number of hydrogen-bond acceptors (Lipinski definition) is 6. The SMILES string of the molecule is CC(=O)c1ccccc1NC(=O)[C@@H](C)Sc1nnc(-c2ccccc2F)n1N. The smallest absolute Gasteiger partial charge is 0.237 e. The van der Waals surface area contributed by atoms with Crippen LogP contribution in [0.4, 0.5) is 10.1 Å². The maximum absolute atomic E-state index is 14.0. The van der Waals surface area contributed by atoms with Crippen molar-refractivity contribution in [1.29, 1.82) is 0 Å². The summed E-state index contributed by atoms with van der Waals surface area (Å²) in [7, 11) is 0. The molecular weight excluding hydrogens is 381 g/mol. The molecule has 0 fully saturated rings. The number of thioether (sulfide) groups is 1. The third-order valence-electron chi connectivity index (χ3n) is 3.99. The van der Waals surface area contributed by atoms with Crippen LogP contribution in [-0.4, -0.2) is 31.8 Å². The molecule has 3 aromatic rings. The number of para-hydroxylation sites is 1. The topological polar surface area (TPSA) is 103 Å². The summed E-state index contributed by atoms with van der Waals surface area (Å²) >= 11 is 1.08. The largest absolute Gasteiger partial charge is 0.335 e. The maximum Gasteiger partial charge on any atom is 0.237 e. The van der Waals surface area contributed by atoms with Gasteiger partial charge in [-0.2, -0.15) is 0 Å². The van der Waals surface area contributed by atoms with E-state index in [0.717, 1.165) is 16.4 Å². The number of anilines is 1. The highest BCUT2D eigenvalue weighted by atomic mass is 32.2. The number of nitrogens with one attached hydrogen (secondary N) is 1. The van der Waals surface area contributed by atoms with Gasteiger partial charge in [0.25, 0.3) is 0 Å². The summed E-state index contributed by atoms with van der Waals surface area (Å²) in [5.74, 6) is 5.22. The lowest BCUT2D eigenvalue weighted by Gasteiger charge is -2.13. The molecule has 0 aliphatic heterocycles. The van der Waals surface area contributed by atoms with E-state index in [-0.39, 0.29) is 28.2 Å². The second-order valence-electron chi connectivity index (χ2n) is 6.01. The van der Waals surface area contributed by atoms with E-state index in [9.17, 15) is 14.0 Å². The lowest BCUT2D eigenvalue weighted by atomic mass is 10.1. The van der Waals surface area contributed by atoms with E-state index in [1.807, 2.05) is 0 Å². The van der Waals surface area contributed by atoms with Crippen LogP contribution in [0.5, 0.6) is 0 Å². The zero-order valence-electron chi connectivity index (χ0n) is 15.2. The van der Waals surface area contributed by atoms with E-state index in [1.54, 1.807) is 49.4 Å². The fourth-order valence-corrected chi connectivity index (χ4v) is 3.30. The van der Waals surface area contributed by atoms with E-state index in [4.69, 9.17) is 5.84 Å². The van der Waals surface area contributed by atoms with E-state index < -0.39 is 11.1 Å². The second kappa shape index (κ2) is 8.22. The quantitative estimate of drug-likeness (QED) is 0.375. The fourth-order valence-electron chi connectivity index (χ4n) is 2.53. The van der Waals surface area contributed by atoms with Gasteiger partial charge in [-0.25, -0.2) is 9.07 Å². The van der Waals surface area contributed by atoms with Crippen molar-refractivity contribution in [2.45, 2.75) is 24.3 Å². The third kappa shape index (κ3) is 4.04. The highest BCUT2D eigenvalue weighted by Gasteiger charge is 2.22. The molecule has 3 N–H and O–H groups in total. The van der Waals surface area contributed by atoms with Crippen LogP contribution in [0.3, 0.4) is 0 Å². The van der Waals surface area contributed by atoms with Crippen LogP contribution in [0.15, 0.2) is 53.7 Å². The number of benzene rings is 2. The Bertz CT molecular complexity index is 1040. The van der Waals surface area contributed by atoms with Gasteiger partial charge < -0.3 is 11.2 Å². The molecule has 2 aromatic carbocycles. The Balaban J connectivity index is 1.75. The number of carbonyl (C=O) groups excluding carboxylic acids is 2. The molecule has 3 rings (SSSR count). The number of hydrogen-bond donors (Lipinski definition) is 2. The zero-order chi connectivity index (χ0) is 20.3. The Morgan fingerprint density at radius 3 is 2.54 bits per heavy atom. The van der Waals surface area contributed by atoms with E-state index in [2.05, 4.69) is 15.5 Å². The number of amides is 1. The van der Waals surface area contributed by atoms with Crippen LogP contribution in [0, 0.1) is 5.82 Å². The fraction of sp³-hybridized carbons (Fsp3) is 0.158. The van der Waals surface area contributed by atoms with E-state index in [1.165, 1.54) is 13.0 Å². The molecule has 1 aromatic heterocycles. The van der Waals surface area contributed by atoms with E-state index >= 15 is 0 Å². The number of nitrogens with zero attached hydrogens (tertiary/aromatic N) is 3. The monoisotopic (exact) mass is 399 g/mol. The number of aromatic nitrogens is 3. The summed E-state index contributed by atoms with van der Waals surface area (Å²) in [6.07, 6.45) is 0. The van der Waals surface area contributed by atoms with Crippen LogP contribution in [-0.2, 0) is 4.79 Å². The predicted octanol–water partition coefficient (Wildman–Crippen LogP) is 3.12. The van der Waals surface area contributed by atoms with E-state index in [0.29, 0.717) is 11.3 Å². The van der Waals surface area contributed by atoms with Gasteiger partial charge in [0.15, 0.2) is 11.6 Å². The van der Waals surface area contributed by atoms with Gasteiger partial charge in [-0.3, -0.25) is 9.59 Å². The van der Waals surface area contributed by atoms with Crippen molar-refractivity contribution in [3.05, 3.63) is 59.9 Å². The normalized spacial score (nSPS) is 11.8. The molecule has 0 saturated heterocycles. The van der Waals surface area contributed by atoms with Crippen LogP contribution < -0.4 is 11.2 Å². The summed E-state index contributed by atoms with van der Waals surface area (Å²) in [5.41, 5.74) is 1.09. The summed E-state index contributed by atoms with van der Waals surface area (Å²) in [6, 6.07) is 12.9. The standard InChI is InChI=1S/C19H18FN5O2S/c1-11(26)13-7-4-6-10-16(13)22-18(27)12(2)28-19-24-23-17(25(19)21)14-8-3-5-9-15(14)20/h3-10,12H,21H2,1-2H3,(H,22,27)/t12-/m1/s1. The van der Waals surface area contributed by atoms with Gasteiger partial charge in [0.05, 0.1) is 16.5 Å². The van der Waals surface area contributed by atoms with Gasteiger partial charge in [0, 0.05) is 5.56 Å². The second-order valence-corrected chi connectivity index (χ2v) is 7.32. The number of Topliss-reactive ketones (excluding diaryl/α,β-unsaturated/α-hetero) is 1. The van der Waals surface area contributed by atoms with Crippen molar-refractivity contribution >= 4 is 29.1 Å². The molecule has 9 heteroatoms.